The molecule has 6 nitrogen and oxygen atoms in total. The predicted molar refractivity (Wildman–Crippen MR) is 131 cm³/mol. The highest BCUT2D eigenvalue weighted by atomic mass is 32.2. The Morgan fingerprint density at radius 3 is 2.44 bits per heavy atom. The lowest BCUT2D eigenvalue weighted by Gasteiger charge is -2.29. The molecular weight excluding hydrogens is 424 g/mol. The minimum Gasteiger partial charge on any atom is -0.481 e. The van der Waals surface area contributed by atoms with Crippen molar-refractivity contribution >= 4 is 29.5 Å². The van der Waals surface area contributed by atoms with Crippen LogP contribution >= 0.6 is 11.8 Å². The average molecular weight is 467 g/mol. The molecule has 7 heteroatoms. The molecule has 0 aromatic carbocycles. The fourth-order valence-corrected chi connectivity index (χ4v) is 6.99. The van der Waals surface area contributed by atoms with Gasteiger partial charge in [0.05, 0.1) is 6.54 Å². The lowest BCUT2D eigenvalue weighted by molar-refractivity contribution is -0.137. The van der Waals surface area contributed by atoms with Gasteiger partial charge in [0.15, 0.2) is 0 Å². The summed E-state index contributed by atoms with van der Waals surface area (Å²) in [5.74, 6) is 0.651. The standard InChI is InChI=1S/C25H42N2O4S/c1-2-3-6-13-23(28)27-18-24(29)26-17-10-9-12-20-19(21-15-16-22(20)32-21)11-7-4-5-8-14-25(30)31/h4,7,19-22H,2-3,5-6,8-18H2,1H3,(H,26,29)(H,27,28)(H,30,31)/t19-,20+,21-,22+/m1/s1. The van der Waals surface area contributed by atoms with Crippen molar-refractivity contribution in [3.8, 4) is 0 Å². The molecule has 0 aromatic rings. The van der Waals surface area contributed by atoms with Crippen LogP contribution in [0, 0.1) is 11.8 Å². The number of amides is 2. The molecule has 2 aliphatic heterocycles. The maximum absolute atomic E-state index is 11.9. The summed E-state index contributed by atoms with van der Waals surface area (Å²) in [6, 6.07) is 0. The minimum absolute atomic E-state index is 0.0376. The van der Waals surface area contributed by atoms with Gasteiger partial charge >= 0.3 is 5.97 Å². The molecule has 2 bridgehead atoms. The van der Waals surface area contributed by atoms with E-state index in [0.29, 0.717) is 13.0 Å². The van der Waals surface area contributed by atoms with Crippen molar-refractivity contribution in [2.24, 2.45) is 11.8 Å². The number of nitrogens with one attached hydrogen (secondary N) is 2. The van der Waals surface area contributed by atoms with Crippen molar-refractivity contribution in [3.63, 3.8) is 0 Å². The molecule has 2 saturated heterocycles. The summed E-state index contributed by atoms with van der Waals surface area (Å²) < 4.78 is 0. The van der Waals surface area contributed by atoms with E-state index in [2.05, 4.69) is 41.5 Å². The SMILES string of the molecule is CCCCCC(=O)NCC(=O)NCCCC[C@H]1[C@@H](CC=CCCCC(=O)O)[C@H]2CC[C@@H]1S2. The Kier molecular flexibility index (Phi) is 12.8. The molecule has 2 amide bonds. The fraction of sp³-hybridized carbons (Fsp3) is 0.800. The van der Waals surface area contributed by atoms with Crippen molar-refractivity contribution in [1.82, 2.24) is 10.6 Å². The third-order valence-corrected chi connectivity index (χ3v) is 8.54. The van der Waals surface area contributed by atoms with Crippen LogP contribution in [0.25, 0.3) is 0 Å². The van der Waals surface area contributed by atoms with Crippen molar-refractivity contribution in [1.29, 1.82) is 0 Å². The number of thioether (sulfide) groups is 1. The molecule has 4 atom stereocenters. The lowest BCUT2D eigenvalue weighted by Crippen LogP contribution is -2.37. The second-order valence-electron chi connectivity index (χ2n) is 9.19. The second kappa shape index (κ2) is 15.4. The van der Waals surface area contributed by atoms with Crippen LogP contribution in [-0.2, 0) is 14.4 Å². The zero-order chi connectivity index (χ0) is 23.2. The molecular formula is C25H42N2O4S. The molecule has 0 spiro atoms. The van der Waals surface area contributed by atoms with E-state index in [1.807, 2.05) is 0 Å². The Bertz CT molecular complexity index is 625. The third-order valence-electron chi connectivity index (χ3n) is 6.67. The van der Waals surface area contributed by atoms with Gasteiger partial charge in [-0.15, -0.1) is 0 Å². The number of aliphatic carboxylic acids is 1. The largest absolute Gasteiger partial charge is 0.481 e. The number of carbonyl (C=O) groups is 3. The average Bonchev–Trinajstić information content (AvgIpc) is 3.36. The molecule has 2 heterocycles. The van der Waals surface area contributed by atoms with Crippen molar-refractivity contribution in [2.75, 3.05) is 13.1 Å². The first-order valence-corrected chi connectivity index (χ1v) is 13.5. The summed E-state index contributed by atoms with van der Waals surface area (Å²) in [6.07, 6.45) is 16.9. The molecule has 0 aromatic heterocycles. The number of unbranched alkanes of at least 4 members (excludes halogenated alkanes) is 4. The van der Waals surface area contributed by atoms with E-state index in [9.17, 15) is 14.4 Å². The number of carbonyl (C=O) groups excluding carboxylic acids is 2. The number of carboxylic acids is 1. The topological polar surface area (TPSA) is 95.5 Å². The highest BCUT2D eigenvalue weighted by Gasteiger charge is 2.46. The van der Waals surface area contributed by atoms with E-state index in [0.717, 1.165) is 73.7 Å². The smallest absolute Gasteiger partial charge is 0.303 e. The van der Waals surface area contributed by atoms with Gasteiger partial charge in [-0.25, -0.2) is 0 Å². The molecule has 0 saturated carbocycles. The van der Waals surface area contributed by atoms with Gasteiger partial charge in [-0.1, -0.05) is 38.3 Å². The van der Waals surface area contributed by atoms with Gasteiger partial charge in [0.25, 0.3) is 0 Å². The summed E-state index contributed by atoms with van der Waals surface area (Å²) in [5, 5.41) is 15.9. The molecule has 2 rings (SSSR count). The number of hydrogen-bond donors (Lipinski definition) is 3. The molecule has 0 aliphatic carbocycles. The third kappa shape index (κ3) is 9.97. The van der Waals surface area contributed by atoms with Gasteiger partial charge in [-0.3, -0.25) is 14.4 Å². The van der Waals surface area contributed by atoms with E-state index >= 15 is 0 Å². The second-order valence-corrected chi connectivity index (χ2v) is 10.7. The first kappa shape index (κ1) is 26.7. The first-order chi connectivity index (χ1) is 15.5. The van der Waals surface area contributed by atoms with Crippen LogP contribution in [0.2, 0.25) is 0 Å². The van der Waals surface area contributed by atoms with E-state index in [1.54, 1.807) is 0 Å². The van der Waals surface area contributed by atoms with Crippen LogP contribution < -0.4 is 10.6 Å². The monoisotopic (exact) mass is 466 g/mol. The zero-order valence-corrected chi connectivity index (χ0v) is 20.5. The number of rotatable bonds is 17. The molecule has 0 unspecified atom stereocenters. The quantitative estimate of drug-likeness (QED) is 0.214. The van der Waals surface area contributed by atoms with Gasteiger partial charge in [0.1, 0.15) is 0 Å². The van der Waals surface area contributed by atoms with Crippen LogP contribution in [0.15, 0.2) is 12.2 Å². The van der Waals surface area contributed by atoms with E-state index in [4.69, 9.17) is 5.11 Å². The molecule has 2 fully saturated rings. The van der Waals surface area contributed by atoms with E-state index < -0.39 is 5.97 Å². The van der Waals surface area contributed by atoms with Crippen LogP contribution in [0.4, 0.5) is 0 Å². The Hall–Kier alpha value is -1.50. The van der Waals surface area contributed by atoms with Gasteiger partial charge < -0.3 is 15.7 Å². The minimum atomic E-state index is -0.716. The van der Waals surface area contributed by atoms with Gasteiger partial charge in [-0.05, 0) is 63.2 Å². The van der Waals surface area contributed by atoms with Crippen LogP contribution in [0.3, 0.4) is 0 Å². The van der Waals surface area contributed by atoms with Gasteiger partial charge in [-0.2, -0.15) is 11.8 Å². The van der Waals surface area contributed by atoms with Crippen LogP contribution in [0.1, 0.15) is 90.4 Å². The van der Waals surface area contributed by atoms with Crippen molar-refractivity contribution in [3.05, 3.63) is 12.2 Å². The van der Waals surface area contributed by atoms with E-state index in [-0.39, 0.29) is 24.8 Å². The van der Waals surface area contributed by atoms with Crippen LogP contribution in [-0.4, -0.2) is 46.5 Å². The Balaban J connectivity index is 1.57. The molecule has 2 aliphatic rings. The Morgan fingerprint density at radius 2 is 1.69 bits per heavy atom. The van der Waals surface area contributed by atoms with E-state index in [1.165, 1.54) is 19.3 Å². The van der Waals surface area contributed by atoms with Crippen molar-refractivity contribution < 1.29 is 19.5 Å². The maximum atomic E-state index is 11.9. The summed E-state index contributed by atoms with van der Waals surface area (Å²) in [5.41, 5.74) is 0. The number of hydrogen-bond acceptors (Lipinski definition) is 4. The Morgan fingerprint density at radius 1 is 0.906 bits per heavy atom. The molecule has 0 radical (unpaired) electrons. The summed E-state index contributed by atoms with van der Waals surface area (Å²) in [4.78, 5) is 34.2. The number of carboxylic acid groups (broad SMARTS) is 1. The summed E-state index contributed by atoms with van der Waals surface area (Å²) >= 11 is 2.18. The predicted octanol–water partition coefficient (Wildman–Crippen LogP) is 4.68. The lowest BCUT2D eigenvalue weighted by atomic mass is 9.75. The van der Waals surface area contributed by atoms with Crippen molar-refractivity contribution in [2.45, 2.75) is 101 Å². The maximum Gasteiger partial charge on any atom is 0.303 e. The van der Waals surface area contributed by atoms with Crippen LogP contribution in [0.5, 0.6) is 0 Å². The first-order valence-electron chi connectivity index (χ1n) is 12.6. The summed E-state index contributed by atoms with van der Waals surface area (Å²) in [7, 11) is 0. The molecule has 3 N–H and O–H groups in total. The summed E-state index contributed by atoms with van der Waals surface area (Å²) in [6.45, 7) is 2.85. The van der Waals surface area contributed by atoms with Gasteiger partial charge in [0, 0.05) is 29.9 Å². The number of fused-ring (bicyclic) bond motifs is 2. The molecule has 182 valence electrons. The van der Waals surface area contributed by atoms with Gasteiger partial charge in [0.2, 0.25) is 11.8 Å². The highest BCUT2D eigenvalue weighted by molar-refractivity contribution is 8.01. The highest BCUT2D eigenvalue weighted by Crippen LogP contribution is 2.55. The zero-order valence-electron chi connectivity index (χ0n) is 19.7. The molecule has 32 heavy (non-hydrogen) atoms. The number of allylic oxidation sites excluding steroid dienone is 2. The Labute approximate surface area is 197 Å². The normalized spacial score (nSPS) is 24.2. The fourth-order valence-electron chi connectivity index (χ4n) is 4.94.